The van der Waals surface area contributed by atoms with Gasteiger partial charge in [0.05, 0.1) is 5.56 Å². The molecule has 25 heavy (non-hydrogen) atoms. The molecule has 0 saturated carbocycles. The number of nitrogens with zero attached hydrogens (tertiary/aromatic N) is 2. The third-order valence-corrected chi connectivity index (χ3v) is 5.55. The second-order valence-corrected chi connectivity index (χ2v) is 6.97. The second kappa shape index (κ2) is 7.22. The fourth-order valence-corrected chi connectivity index (χ4v) is 4.24. The number of fused-ring (bicyclic) bond motifs is 3. The number of amides is 1. The van der Waals surface area contributed by atoms with Gasteiger partial charge in [-0.15, -0.1) is 12.4 Å². The summed E-state index contributed by atoms with van der Waals surface area (Å²) in [4.78, 5) is 19.7. The molecule has 6 nitrogen and oxygen atoms in total. The molecule has 2 atom stereocenters. The lowest BCUT2D eigenvalue weighted by Gasteiger charge is -2.47. The molecule has 2 aromatic rings. The molecule has 2 fully saturated rings. The number of hydrogen-bond donors (Lipinski definition) is 2. The Morgan fingerprint density at radius 2 is 2.00 bits per heavy atom. The minimum atomic E-state index is -0.0517. The summed E-state index contributed by atoms with van der Waals surface area (Å²) in [6, 6.07) is 7.36. The highest BCUT2D eigenvalue weighted by Crippen LogP contribution is 2.33. The molecule has 7 heteroatoms. The van der Waals surface area contributed by atoms with E-state index >= 15 is 0 Å². The predicted molar refractivity (Wildman–Crippen MR) is 100 cm³/mol. The first-order valence-electron chi connectivity index (χ1n) is 8.76. The van der Waals surface area contributed by atoms with Crippen molar-refractivity contribution in [3.05, 3.63) is 23.8 Å². The molecule has 1 aromatic heterocycles. The standard InChI is InChI=1S/C18H24N4O2.ClH/c1-19-18-21-16-14(7-4-8-15(16)24-18)17(23)20-11-9-12-5-3-6-13(10-11)22(12)2;/h4,7-8,11-13H,3,5-6,9-10H2,1-2H3,(H,19,21)(H,20,23);1H. The van der Waals surface area contributed by atoms with Gasteiger partial charge in [-0.25, -0.2) is 0 Å². The number of nitrogens with one attached hydrogen (secondary N) is 2. The Morgan fingerprint density at radius 1 is 1.28 bits per heavy atom. The Bertz CT molecular complexity index is 749. The summed E-state index contributed by atoms with van der Waals surface area (Å²) in [6.07, 6.45) is 5.86. The van der Waals surface area contributed by atoms with Crippen LogP contribution in [0.1, 0.15) is 42.5 Å². The van der Waals surface area contributed by atoms with E-state index in [9.17, 15) is 4.79 Å². The van der Waals surface area contributed by atoms with Crippen molar-refractivity contribution in [1.82, 2.24) is 15.2 Å². The highest BCUT2D eigenvalue weighted by atomic mass is 35.5. The molecule has 2 saturated heterocycles. The third-order valence-electron chi connectivity index (χ3n) is 5.55. The molecule has 0 spiro atoms. The van der Waals surface area contributed by atoms with Crippen LogP contribution in [0.25, 0.3) is 11.1 Å². The highest BCUT2D eigenvalue weighted by molar-refractivity contribution is 6.04. The maximum absolute atomic E-state index is 12.8. The molecule has 2 unspecified atom stereocenters. The average Bonchev–Trinajstić information content (AvgIpc) is 2.99. The van der Waals surface area contributed by atoms with Crippen LogP contribution in [-0.2, 0) is 0 Å². The van der Waals surface area contributed by atoms with E-state index in [0.29, 0.717) is 34.8 Å². The molecule has 0 aliphatic carbocycles. The lowest BCUT2D eigenvalue weighted by molar-refractivity contribution is 0.0463. The molecular formula is C18H25ClN4O2. The van der Waals surface area contributed by atoms with Gasteiger partial charge in [-0.3, -0.25) is 4.79 Å². The fraction of sp³-hybridized carbons (Fsp3) is 0.556. The van der Waals surface area contributed by atoms with E-state index in [-0.39, 0.29) is 24.4 Å². The van der Waals surface area contributed by atoms with E-state index in [2.05, 4.69) is 27.6 Å². The van der Waals surface area contributed by atoms with Crippen LogP contribution < -0.4 is 10.6 Å². The SMILES string of the molecule is CNc1nc2c(C(=O)NC3CC4CCCC(C3)N4C)cccc2o1.Cl. The van der Waals surface area contributed by atoms with Gasteiger partial charge in [-0.05, 0) is 44.9 Å². The zero-order valence-electron chi connectivity index (χ0n) is 14.6. The summed E-state index contributed by atoms with van der Waals surface area (Å²) in [5, 5.41) is 6.12. The van der Waals surface area contributed by atoms with Crippen molar-refractivity contribution in [1.29, 1.82) is 0 Å². The van der Waals surface area contributed by atoms with Crippen LogP contribution in [0.3, 0.4) is 0 Å². The van der Waals surface area contributed by atoms with Crippen LogP contribution in [0.4, 0.5) is 6.01 Å². The molecule has 1 amide bonds. The summed E-state index contributed by atoms with van der Waals surface area (Å²) < 4.78 is 5.56. The van der Waals surface area contributed by atoms with Gasteiger partial charge in [0.15, 0.2) is 5.58 Å². The number of halogens is 1. The van der Waals surface area contributed by atoms with Crippen LogP contribution in [-0.4, -0.2) is 48.0 Å². The van der Waals surface area contributed by atoms with Gasteiger partial charge >= 0.3 is 0 Å². The van der Waals surface area contributed by atoms with Crippen LogP contribution in [0, 0.1) is 0 Å². The van der Waals surface area contributed by atoms with E-state index in [0.717, 1.165) is 12.8 Å². The lowest BCUT2D eigenvalue weighted by atomic mass is 9.82. The highest BCUT2D eigenvalue weighted by Gasteiger charge is 2.36. The number of hydrogen-bond acceptors (Lipinski definition) is 5. The molecule has 4 rings (SSSR count). The smallest absolute Gasteiger partial charge is 0.295 e. The van der Waals surface area contributed by atoms with Gasteiger partial charge in [0, 0.05) is 25.2 Å². The Hall–Kier alpha value is -1.79. The first-order chi connectivity index (χ1) is 11.7. The molecule has 2 aliphatic heterocycles. The van der Waals surface area contributed by atoms with Crippen LogP contribution >= 0.6 is 12.4 Å². The average molecular weight is 365 g/mol. The maximum Gasteiger partial charge on any atom is 0.295 e. The second-order valence-electron chi connectivity index (χ2n) is 6.97. The zero-order valence-corrected chi connectivity index (χ0v) is 15.4. The van der Waals surface area contributed by atoms with Crippen LogP contribution in [0.15, 0.2) is 22.6 Å². The minimum absolute atomic E-state index is 0. The number of rotatable bonds is 3. The van der Waals surface area contributed by atoms with E-state index in [4.69, 9.17) is 4.42 Å². The maximum atomic E-state index is 12.8. The molecule has 3 heterocycles. The largest absolute Gasteiger partial charge is 0.424 e. The fourth-order valence-electron chi connectivity index (χ4n) is 4.24. The quantitative estimate of drug-likeness (QED) is 0.876. The first-order valence-corrected chi connectivity index (χ1v) is 8.76. The summed E-state index contributed by atoms with van der Waals surface area (Å²) >= 11 is 0. The topological polar surface area (TPSA) is 70.4 Å². The molecule has 136 valence electrons. The van der Waals surface area contributed by atoms with Gasteiger partial charge in [0.2, 0.25) is 0 Å². The summed E-state index contributed by atoms with van der Waals surface area (Å²) in [5.41, 5.74) is 1.83. The zero-order chi connectivity index (χ0) is 16.7. The molecule has 2 bridgehead atoms. The monoisotopic (exact) mass is 364 g/mol. The Labute approximate surface area is 153 Å². The van der Waals surface area contributed by atoms with E-state index in [1.165, 1.54) is 19.3 Å². The van der Waals surface area contributed by atoms with E-state index in [1.807, 2.05) is 18.2 Å². The van der Waals surface area contributed by atoms with Gasteiger partial charge in [0.1, 0.15) is 5.52 Å². The van der Waals surface area contributed by atoms with Gasteiger partial charge in [-0.2, -0.15) is 4.98 Å². The minimum Gasteiger partial charge on any atom is -0.424 e. The molecular weight excluding hydrogens is 340 g/mol. The first kappa shape index (κ1) is 18.0. The number of piperidine rings is 2. The van der Waals surface area contributed by atoms with Crippen molar-refractivity contribution in [2.24, 2.45) is 0 Å². The van der Waals surface area contributed by atoms with Crippen molar-refractivity contribution in [3.63, 3.8) is 0 Å². The number of carbonyl (C=O) groups excluding carboxylic acids is 1. The lowest BCUT2D eigenvalue weighted by Crippen LogP contribution is -2.55. The molecule has 2 N–H and O–H groups in total. The Morgan fingerprint density at radius 3 is 2.68 bits per heavy atom. The van der Waals surface area contributed by atoms with Crippen molar-refractivity contribution in [2.45, 2.75) is 50.2 Å². The van der Waals surface area contributed by atoms with Crippen molar-refractivity contribution in [3.8, 4) is 0 Å². The van der Waals surface area contributed by atoms with E-state index in [1.54, 1.807) is 7.05 Å². The summed E-state index contributed by atoms with van der Waals surface area (Å²) in [6.45, 7) is 0. The number of para-hydroxylation sites is 1. The summed E-state index contributed by atoms with van der Waals surface area (Å²) in [7, 11) is 3.98. The van der Waals surface area contributed by atoms with Gasteiger partial charge in [-0.1, -0.05) is 12.5 Å². The Kier molecular flexibility index (Phi) is 5.20. The third kappa shape index (κ3) is 3.33. The molecule has 0 radical (unpaired) electrons. The number of benzene rings is 1. The van der Waals surface area contributed by atoms with E-state index < -0.39 is 0 Å². The van der Waals surface area contributed by atoms with Crippen LogP contribution in [0.5, 0.6) is 0 Å². The van der Waals surface area contributed by atoms with Gasteiger partial charge in [0.25, 0.3) is 11.9 Å². The van der Waals surface area contributed by atoms with Crippen molar-refractivity contribution >= 4 is 35.4 Å². The number of carbonyl (C=O) groups is 1. The summed E-state index contributed by atoms with van der Waals surface area (Å²) in [5.74, 6) is -0.0517. The number of oxazole rings is 1. The normalized spacial score (nSPS) is 26.1. The van der Waals surface area contributed by atoms with Gasteiger partial charge < -0.3 is 20.0 Å². The molecule has 2 aliphatic rings. The Balaban J connectivity index is 0.00000182. The van der Waals surface area contributed by atoms with Crippen LogP contribution in [0.2, 0.25) is 0 Å². The number of aromatic nitrogens is 1. The molecule has 1 aromatic carbocycles. The number of anilines is 1. The predicted octanol–water partition coefficient (Wildman–Crippen LogP) is 3.04. The van der Waals surface area contributed by atoms with Crippen molar-refractivity contribution < 1.29 is 9.21 Å². The van der Waals surface area contributed by atoms with Crippen molar-refractivity contribution in [2.75, 3.05) is 19.4 Å².